The zero-order valence-electron chi connectivity index (χ0n) is 9.44. The van der Waals surface area contributed by atoms with Crippen LogP contribution in [-0.4, -0.2) is 21.4 Å². The second kappa shape index (κ2) is 5.04. The van der Waals surface area contributed by atoms with Crippen LogP contribution in [0.3, 0.4) is 0 Å². The summed E-state index contributed by atoms with van der Waals surface area (Å²) in [6.07, 6.45) is 1.75. The predicted octanol–water partition coefficient (Wildman–Crippen LogP) is 2.07. The van der Waals surface area contributed by atoms with Crippen LogP contribution < -0.4 is 0 Å². The predicted molar refractivity (Wildman–Crippen MR) is 60.6 cm³/mol. The molecule has 0 aromatic heterocycles. The van der Waals surface area contributed by atoms with Gasteiger partial charge in [-0.25, -0.2) is 0 Å². The molecule has 1 aliphatic rings. The molecule has 0 fully saturated rings. The summed E-state index contributed by atoms with van der Waals surface area (Å²) in [6, 6.07) is -1.70. The molecule has 0 aliphatic heterocycles. The largest absolute Gasteiger partial charge is 0.265 e. The molecule has 0 radical (unpaired) electrons. The van der Waals surface area contributed by atoms with Gasteiger partial charge >= 0.3 is 0 Å². The fourth-order valence-corrected chi connectivity index (χ4v) is 1.63. The fraction of sp³-hybridized carbons (Fsp3) is 0.429. The summed E-state index contributed by atoms with van der Waals surface area (Å²) in [4.78, 5) is 24.9. The van der Waals surface area contributed by atoms with Crippen molar-refractivity contribution in [1.29, 1.82) is 0 Å². The number of nitro groups is 2. The van der Waals surface area contributed by atoms with Gasteiger partial charge < -0.3 is 0 Å². The lowest BCUT2D eigenvalue weighted by atomic mass is 9.85. The van der Waals surface area contributed by atoms with Crippen LogP contribution in [0.15, 0.2) is 33.8 Å². The van der Waals surface area contributed by atoms with Crippen LogP contribution in [0.5, 0.6) is 0 Å². The Labute approximate surface area is 104 Å². The standard InChI is InChI=1S/C7H6N8O4/c1-7(11-13-9)5(14(16)17)2-4(10-12-8)3-6(7)15(18)19/h2-3,5H,1H3. The molecule has 0 heterocycles. The molecule has 1 rings (SSSR count). The van der Waals surface area contributed by atoms with Crippen molar-refractivity contribution in [3.05, 3.63) is 64.7 Å². The summed E-state index contributed by atoms with van der Waals surface area (Å²) in [7, 11) is 0. The third-order valence-corrected chi connectivity index (χ3v) is 2.54. The van der Waals surface area contributed by atoms with Crippen LogP contribution >= 0.6 is 0 Å². The van der Waals surface area contributed by atoms with E-state index in [-0.39, 0.29) is 5.70 Å². The van der Waals surface area contributed by atoms with Gasteiger partial charge in [0.1, 0.15) is 0 Å². The Hall–Kier alpha value is -3.10. The first-order chi connectivity index (χ1) is 8.86. The van der Waals surface area contributed by atoms with Gasteiger partial charge in [-0.05, 0) is 24.1 Å². The van der Waals surface area contributed by atoms with Gasteiger partial charge in [0, 0.05) is 26.5 Å². The highest BCUT2D eigenvalue weighted by Gasteiger charge is 2.53. The minimum absolute atomic E-state index is 0.276. The molecule has 12 heteroatoms. The van der Waals surface area contributed by atoms with Crippen LogP contribution in [-0.2, 0) is 0 Å². The molecule has 12 nitrogen and oxygen atoms in total. The van der Waals surface area contributed by atoms with E-state index in [9.17, 15) is 20.2 Å². The Morgan fingerprint density at radius 3 is 2.42 bits per heavy atom. The van der Waals surface area contributed by atoms with Crippen LogP contribution in [0.4, 0.5) is 0 Å². The van der Waals surface area contributed by atoms with E-state index >= 15 is 0 Å². The summed E-state index contributed by atoms with van der Waals surface area (Å²) in [6.45, 7) is 1.07. The van der Waals surface area contributed by atoms with Gasteiger partial charge in [0.05, 0.1) is 4.92 Å². The van der Waals surface area contributed by atoms with Crippen LogP contribution in [0.1, 0.15) is 6.92 Å². The van der Waals surface area contributed by atoms with Crippen molar-refractivity contribution in [3.8, 4) is 0 Å². The first-order valence-electron chi connectivity index (χ1n) is 4.70. The highest BCUT2D eigenvalue weighted by atomic mass is 16.6. The molecule has 0 N–H and O–H groups in total. The second-order valence-electron chi connectivity index (χ2n) is 3.63. The summed E-state index contributed by atoms with van der Waals surface area (Å²) in [5, 5.41) is 28.1. The van der Waals surface area contributed by atoms with Crippen molar-refractivity contribution >= 4 is 0 Å². The Bertz CT molecular complexity index is 596. The molecule has 0 spiro atoms. The molecule has 0 saturated carbocycles. The number of rotatable bonds is 4. The Morgan fingerprint density at radius 1 is 1.37 bits per heavy atom. The highest BCUT2D eigenvalue weighted by molar-refractivity contribution is 5.35. The molecule has 1 aliphatic carbocycles. The summed E-state index contributed by atoms with van der Waals surface area (Å²) in [5.74, 6) is 0. The molecule has 19 heavy (non-hydrogen) atoms. The van der Waals surface area contributed by atoms with Gasteiger partial charge in [0.2, 0.25) is 5.54 Å². The summed E-state index contributed by atoms with van der Waals surface area (Å²) in [5.41, 5.74) is 13.7. The quantitative estimate of drug-likeness (QED) is 0.248. The first kappa shape index (κ1) is 14.0. The van der Waals surface area contributed by atoms with Crippen LogP contribution in [0.25, 0.3) is 20.9 Å². The number of nitrogens with zero attached hydrogens (tertiary/aromatic N) is 8. The van der Waals surface area contributed by atoms with Crippen molar-refractivity contribution in [2.24, 2.45) is 10.2 Å². The number of hydrogen-bond donors (Lipinski definition) is 0. The van der Waals surface area contributed by atoms with E-state index in [0.29, 0.717) is 0 Å². The minimum atomic E-state index is -2.00. The average Bonchev–Trinajstić information content (AvgIpc) is 2.31. The molecular formula is C7H6N8O4. The maximum Gasteiger partial charge on any atom is 0.265 e. The van der Waals surface area contributed by atoms with Crippen molar-refractivity contribution in [2.75, 3.05) is 0 Å². The molecule has 0 bridgehead atoms. The van der Waals surface area contributed by atoms with E-state index < -0.39 is 27.1 Å². The van der Waals surface area contributed by atoms with E-state index in [1.807, 2.05) is 0 Å². The molecule has 0 saturated heterocycles. The molecule has 2 atom stereocenters. The minimum Gasteiger partial charge on any atom is -0.264 e. The van der Waals surface area contributed by atoms with Crippen LogP contribution in [0, 0.1) is 20.2 Å². The van der Waals surface area contributed by atoms with Crippen molar-refractivity contribution in [2.45, 2.75) is 18.5 Å². The molecule has 2 unspecified atom stereocenters. The molecule has 98 valence electrons. The maximum absolute atomic E-state index is 11.0. The third-order valence-electron chi connectivity index (χ3n) is 2.54. The summed E-state index contributed by atoms with van der Waals surface area (Å²) < 4.78 is 0. The van der Waals surface area contributed by atoms with Crippen LogP contribution in [0.2, 0.25) is 0 Å². The zero-order valence-corrected chi connectivity index (χ0v) is 9.44. The van der Waals surface area contributed by atoms with E-state index in [4.69, 9.17) is 11.1 Å². The maximum atomic E-state index is 11.0. The van der Waals surface area contributed by atoms with Gasteiger partial charge in [-0.2, -0.15) is 0 Å². The fourth-order valence-electron chi connectivity index (χ4n) is 1.63. The van der Waals surface area contributed by atoms with Gasteiger partial charge in [-0.1, -0.05) is 10.2 Å². The molecule has 0 aromatic rings. The van der Waals surface area contributed by atoms with Gasteiger partial charge in [-0.15, -0.1) is 0 Å². The van der Waals surface area contributed by atoms with E-state index in [1.54, 1.807) is 0 Å². The Kier molecular flexibility index (Phi) is 3.70. The van der Waals surface area contributed by atoms with Crippen molar-refractivity contribution in [3.63, 3.8) is 0 Å². The average molecular weight is 266 g/mol. The first-order valence-corrected chi connectivity index (χ1v) is 4.70. The number of azide groups is 2. The van der Waals surface area contributed by atoms with E-state index in [1.165, 1.54) is 0 Å². The van der Waals surface area contributed by atoms with Gasteiger partial charge in [0.15, 0.2) is 0 Å². The van der Waals surface area contributed by atoms with Crippen molar-refractivity contribution in [1.82, 2.24) is 0 Å². The Morgan fingerprint density at radius 2 is 2.00 bits per heavy atom. The zero-order chi connectivity index (χ0) is 14.6. The summed E-state index contributed by atoms with van der Waals surface area (Å²) >= 11 is 0. The van der Waals surface area contributed by atoms with E-state index in [0.717, 1.165) is 19.1 Å². The molecule has 0 amide bonds. The molecule has 0 aromatic carbocycles. The monoisotopic (exact) mass is 266 g/mol. The second-order valence-corrected chi connectivity index (χ2v) is 3.63. The lowest BCUT2D eigenvalue weighted by Gasteiger charge is -2.25. The molecular weight excluding hydrogens is 260 g/mol. The smallest absolute Gasteiger partial charge is 0.264 e. The van der Waals surface area contributed by atoms with Crippen molar-refractivity contribution < 1.29 is 9.85 Å². The highest BCUT2D eigenvalue weighted by Crippen LogP contribution is 2.34. The van der Waals surface area contributed by atoms with Gasteiger partial charge in [0.25, 0.3) is 11.7 Å². The van der Waals surface area contributed by atoms with Gasteiger partial charge in [-0.3, -0.25) is 20.2 Å². The third kappa shape index (κ3) is 2.44. The topological polar surface area (TPSA) is 184 Å². The number of allylic oxidation sites excluding steroid dienone is 1. The lowest BCUT2D eigenvalue weighted by Crippen LogP contribution is -2.46. The number of hydrogen-bond acceptors (Lipinski definition) is 6. The SMILES string of the molecule is CC1(N=[N+]=[N-])C([N+](=O)[O-])=CC(N=[N+]=[N-])=CC1[N+](=O)[O-]. The lowest BCUT2D eigenvalue weighted by molar-refractivity contribution is -0.529. The normalized spacial score (nSPS) is 25.2. The Balaban J connectivity index is 3.57. The van der Waals surface area contributed by atoms with E-state index in [2.05, 4.69) is 20.1 Å².